The molecule has 0 amide bonds. The largest absolute Gasteiger partial charge is 0.504 e. The van der Waals surface area contributed by atoms with Gasteiger partial charge in [-0.25, -0.2) is 4.39 Å². The molecule has 1 aromatic carbocycles. The first-order valence-corrected chi connectivity index (χ1v) is 5.40. The third-order valence-corrected chi connectivity index (χ3v) is 2.79. The van der Waals surface area contributed by atoms with Gasteiger partial charge in [0.1, 0.15) is 11.9 Å². The number of carboxylic acid groups (broad SMARTS) is 1. The van der Waals surface area contributed by atoms with Crippen LogP contribution in [0, 0.1) is 5.82 Å². The molecule has 17 heavy (non-hydrogen) atoms. The normalized spacial score (nSPS) is 12.2. The number of aromatic hydroxyl groups is 1. The van der Waals surface area contributed by atoms with Crippen LogP contribution in [0.15, 0.2) is 10.5 Å². The van der Waals surface area contributed by atoms with Gasteiger partial charge in [0.25, 0.3) is 0 Å². The average molecular weight is 308 g/mol. The van der Waals surface area contributed by atoms with Gasteiger partial charge < -0.3 is 20.7 Å². The number of phenolic OH excluding ortho intramolecular Hbond substituents is 1. The average Bonchev–Trinajstić information content (AvgIpc) is 2.24. The quantitative estimate of drug-likeness (QED) is 0.778. The first-order chi connectivity index (χ1) is 7.88. The van der Waals surface area contributed by atoms with Crippen molar-refractivity contribution in [3.63, 3.8) is 0 Å². The topological polar surface area (TPSA) is 92.8 Å². The Hall–Kier alpha value is -1.34. The van der Waals surface area contributed by atoms with Gasteiger partial charge in [0.05, 0.1) is 11.6 Å². The second kappa shape index (κ2) is 5.33. The summed E-state index contributed by atoms with van der Waals surface area (Å²) < 4.78 is 18.7. The smallest absolute Gasteiger partial charge is 0.320 e. The number of hydrogen-bond acceptors (Lipinski definition) is 4. The Bertz CT molecular complexity index is 452. The molecule has 0 saturated carbocycles. The van der Waals surface area contributed by atoms with Crippen molar-refractivity contribution in [2.45, 2.75) is 12.5 Å². The molecule has 0 heterocycles. The van der Waals surface area contributed by atoms with E-state index in [0.717, 1.165) is 6.07 Å². The molecule has 94 valence electrons. The lowest BCUT2D eigenvalue weighted by atomic mass is 10.0. The van der Waals surface area contributed by atoms with Gasteiger partial charge in [0.15, 0.2) is 11.5 Å². The van der Waals surface area contributed by atoms with Crippen LogP contribution in [0.3, 0.4) is 0 Å². The summed E-state index contributed by atoms with van der Waals surface area (Å²) in [6.07, 6.45) is -0.323. The van der Waals surface area contributed by atoms with Gasteiger partial charge >= 0.3 is 5.97 Å². The Balaban J connectivity index is 3.20. The van der Waals surface area contributed by atoms with E-state index in [1.54, 1.807) is 0 Å². The number of halogens is 2. The van der Waals surface area contributed by atoms with Crippen LogP contribution in [0.5, 0.6) is 11.5 Å². The number of carbonyl (C=O) groups is 1. The van der Waals surface area contributed by atoms with Gasteiger partial charge in [-0.2, -0.15) is 0 Å². The molecule has 1 atom stereocenters. The highest BCUT2D eigenvalue weighted by atomic mass is 79.9. The number of aliphatic carboxylic acids is 1. The molecule has 4 N–H and O–H groups in total. The molecule has 1 rings (SSSR count). The molecule has 0 saturated heterocycles. The van der Waals surface area contributed by atoms with Gasteiger partial charge in [0, 0.05) is 12.0 Å². The third-order valence-electron chi connectivity index (χ3n) is 2.20. The van der Waals surface area contributed by atoms with Gasteiger partial charge in [-0.15, -0.1) is 0 Å². The number of phenols is 1. The fraction of sp³-hybridized carbons (Fsp3) is 0.300. The minimum Gasteiger partial charge on any atom is -0.504 e. The Morgan fingerprint density at radius 2 is 2.29 bits per heavy atom. The van der Waals surface area contributed by atoms with E-state index in [-0.39, 0.29) is 22.2 Å². The van der Waals surface area contributed by atoms with Crippen LogP contribution in [0.25, 0.3) is 0 Å². The van der Waals surface area contributed by atoms with E-state index in [0.29, 0.717) is 0 Å². The van der Waals surface area contributed by atoms with E-state index in [4.69, 9.17) is 15.6 Å². The molecule has 7 heteroatoms. The molecule has 0 aliphatic carbocycles. The number of ether oxygens (including phenoxy) is 1. The molecule has 1 unspecified atom stereocenters. The Labute approximate surface area is 105 Å². The summed E-state index contributed by atoms with van der Waals surface area (Å²) in [5.41, 5.74) is 5.11. The Kier molecular flexibility index (Phi) is 4.30. The molecule has 0 spiro atoms. The van der Waals surface area contributed by atoms with Crippen LogP contribution >= 0.6 is 15.9 Å². The summed E-state index contributed by atoms with van der Waals surface area (Å²) in [6, 6.07) is -0.205. The standard InChI is InChI=1S/C10H11BrFNO4/c1-17-9-5(11)3-6(12)4(8(9)14)2-7(13)10(15)16/h3,7,14H,2,13H2,1H3,(H,15,16). The number of carboxylic acids is 1. The second-order valence-electron chi connectivity index (χ2n) is 3.35. The summed E-state index contributed by atoms with van der Waals surface area (Å²) in [7, 11) is 1.30. The molecule has 0 fully saturated rings. The summed E-state index contributed by atoms with van der Waals surface area (Å²) >= 11 is 3.01. The summed E-state index contributed by atoms with van der Waals surface area (Å²) in [6.45, 7) is 0. The molecule has 5 nitrogen and oxygen atoms in total. The molecule has 0 aliphatic rings. The zero-order valence-electron chi connectivity index (χ0n) is 8.91. The zero-order valence-corrected chi connectivity index (χ0v) is 10.5. The van der Waals surface area contributed by atoms with Gasteiger partial charge in [-0.1, -0.05) is 0 Å². The minimum absolute atomic E-state index is 0.0407. The summed E-state index contributed by atoms with van der Waals surface area (Å²) in [4.78, 5) is 10.6. The zero-order chi connectivity index (χ0) is 13.2. The van der Waals surface area contributed by atoms with Crippen molar-refractivity contribution in [1.82, 2.24) is 0 Å². The molecule has 0 radical (unpaired) electrons. The lowest BCUT2D eigenvalue weighted by Gasteiger charge is -2.13. The predicted molar refractivity (Wildman–Crippen MR) is 61.6 cm³/mol. The third kappa shape index (κ3) is 2.86. The monoisotopic (exact) mass is 307 g/mol. The number of benzene rings is 1. The van der Waals surface area contributed by atoms with E-state index in [1.165, 1.54) is 7.11 Å². The van der Waals surface area contributed by atoms with Crippen LogP contribution in [0.2, 0.25) is 0 Å². The van der Waals surface area contributed by atoms with Crippen molar-refractivity contribution in [3.05, 3.63) is 21.9 Å². The highest BCUT2D eigenvalue weighted by Crippen LogP contribution is 2.39. The highest BCUT2D eigenvalue weighted by molar-refractivity contribution is 9.10. The van der Waals surface area contributed by atoms with E-state index in [1.807, 2.05) is 0 Å². The van der Waals surface area contributed by atoms with E-state index >= 15 is 0 Å². The Morgan fingerprint density at radius 1 is 1.71 bits per heavy atom. The van der Waals surface area contributed by atoms with Crippen molar-refractivity contribution in [3.8, 4) is 11.5 Å². The van der Waals surface area contributed by atoms with Gasteiger partial charge in [-0.3, -0.25) is 4.79 Å². The van der Waals surface area contributed by atoms with Gasteiger partial charge in [-0.05, 0) is 22.0 Å². The molecule has 0 bridgehead atoms. The van der Waals surface area contributed by atoms with E-state index in [2.05, 4.69) is 15.9 Å². The first kappa shape index (κ1) is 13.7. The summed E-state index contributed by atoms with van der Waals surface area (Å²) in [5.74, 6) is -2.42. The lowest BCUT2D eigenvalue weighted by molar-refractivity contribution is -0.138. The van der Waals surface area contributed by atoms with Gasteiger partial charge in [0.2, 0.25) is 0 Å². The lowest BCUT2D eigenvalue weighted by Crippen LogP contribution is -2.32. The van der Waals surface area contributed by atoms with Crippen molar-refractivity contribution >= 4 is 21.9 Å². The Morgan fingerprint density at radius 3 is 2.76 bits per heavy atom. The SMILES string of the molecule is COc1c(Br)cc(F)c(CC(N)C(=O)O)c1O. The maximum Gasteiger partial charge on any atom is 0.320 e. The fourth-order valence-corrected chi connectivity index (χ4v) is 1.87. The van der Waals surface area contributed by atoms with Crippen LogP contribution in [-0.4, -0.2) is 29.3 Å². The van der Waals surface area contributed by atoms with Crippen LogP contribution in [0.4, 0.5) is 4.39 Å². The maximum absolute atomic E-state index is 13.6. The van der Waals surface area contributed by atoms with Crippen LogP contribution in [0.1, 0.15) is 5.56 Å². The van der Waals surface area contributed by atoms with E-state index < -0.39 is 23.6 Å². The molecular weight excluding hydrogens is 297 g/mol. The minimum atomic E-state index is -1.29. The fourth-order valence-electron chi connectivity index (χ4n) is 1.32. The number of rotatable bonds is 4. The van der Waals surface area contributed by atoms with Crippen molar-refractivity contribution in [2.75, 3.05) is 7.11 Å². The number of hydrogen-bond donors (Lipinski definition) is 3. The maximum atomic E-state index is 13.6. The molecular formula is C10H11BrFNO4. The molecule has 0 aliphatic heterocycles. The second-order valence-corrected chi connectivity index (χ2v) is 4.20. The van der Waals surface area contributed by atoms with Crippen molar-refractivity contribution in [1.29, 1.82) is 0 Å². The van der Waals surface area contributed by atoms with Crippen molar-refractivity contribution < 1.29 is 24.1 Å². The highest BCUT2D eigenvalue weighted by Gasteiger charge is 2.22. The van der Waals surface area contributed by atoms with Crippen molar-refractivity contribution in [2.24, 2.45) is 5.73 Å². The number of methoxy groups -OCH3 is 1. The first-order valence-electron chi connectivity index (χ1n) is 4.60. The van der Waals surface area contributed by atoms with Crippen LogP contribution in [-0.2, 0) is 11.2 Å². The molecule has 1 aromatic rings. The predicted octanol–water partition coefficient (Wildman–Crippen LogP) is 1.26. The van der Waals surface area contributed by atoms with Crippen LogP contribution < -0.4 is 10.5 Å². The van der Waals surface area contributed by atoms with E-state index in [9.17, 15) is 14.3 Å². The number of nitrogens with two attached hydrogens (primary N) is 1. The summed E-state index contributed by atoms with van der Waals surface area (Å²) in [5, 5.41) is 18.4. The molecule has 0 aromatic heterocycles.